The van der Waals surface area contributed by atoms with E-state index in [4.69, 9.17) is 4.74 Å². The van der Waals surface area contributed by atoms with Gasteiger partial charge >= 0.3 is 0 Å². The second-order valence-corrected chi connectivity index (χ2v) is 6.47. The van der Waals surface area contributed by atoms with Crippen LogP contribution in [0.4, 0.5) is 0 Å². The Hall–Kier alpha value is -1.63. The van der Waals surface area contributed by atoms with E-state index in [9.17, 15) is 4.79 Å². The van der Waals surface area contributed by atoms with Crippen LogP contribution in [0, 0.1) is 5.92 Å². The molecule has 1 aromatic carbocycles. The minimum atomic E-state index is -0.198. The van der Waals surface area contributed by atoms with Crippen LogP contribution in [0.3, 0.4) is 0 Å². The van der Waals surface area contributed by atoms with Crippen molar-refractivity contribution in [2.45, 2.75) is 44.8 Å². The van der Waals surface area contributed by atoms with Gasteiger partial charge in [-0.3, -0.25) is 10.2 Å². The fourth-order valence-corrected chi connectivity index (χ4v) is 3.69. The molecule has 2 fully saturated rings. The summed E-state index contributed by atoms with van der Waals surface area (Å²) in [7, 11) is 0. The molecule has 0 bridgehead atoms. The van der Waals surface area contributed by atoms with E-state index in [0.29, 0.717) is 18.6 Å². The summed E-state index contributed by atoms with van der Waals surface area (Å²) in [6.07, 6.45) is 1.87. The summed E-state index contributed by atoms with van der Waals surface area (Å²) in [5.41, 5.74) is 7.50. The lowest BCUT2D eigenvalue weighted by Crippen LogP contribution is -2.49. The molecule has 6 heteroatoms. The molecule has 2 heterocycles. The normalized spacial score (nSPS) is 27.3. The van der Waals surface area contributed by atoms with Gasteiger partial charge in [0.2, 0.25) is 5.91 Å². The Kier molecular flexibility index (Phi) is 5.71. The number of rotatable bonds is 6. The first-order valence-electron chi connectivity index (χ1n) is 8.98. The number of nitrogens with one attached hydrogen (secondary N) is 4. The van der Waals surface area contributed by atoms with Gasteiger partial charge in [-0.2, -0.15) is 0 Å². The minimum absolute atomic E-state index is 0.0438. The van der Waals surface area contributed by atoms with Crippen molar-refractivity contribution in [3.8, 4) is 5.75 Å². The van der Waals surface area contributed by atoms with E-state index in [1.807, 2.05) is 31.2 Å². The Balaban J connectivity index is 1.70. The number of hydrogen-bond acceptors (Lipinski definition) is 5. The predicted octanol–water partition coefficient (Wildman–Crippen LogP) is 1.11. The van der Waals surface area contributed by atoms with Crippen molar-refractivity contribution in [2.75, 3.05) is 19.7 Å². The molecule has 2 saturated heterocycles. The SMILES string of the molecule is CCOc1ccccc1C(CC)NC(=O)C1NNC2CCNCC21. The number of ether oxygens (including phenoxy) is 1. The molecule has 0 saturated carbocycles. The predicted molar refractivity (Wildman–Crippen MR) is 93.6 cm³/mol. The highest BCUT2D eigenvalue weighted by molar-refractivity contribution is 5.83. The van der Waals surface area contributed by atoms with Crippen molar-refractivity contribution in [3.63, 3.8) is 0 Å². The Morgan fingerprint density at radius 1 is 1.33 bits per heavy atom. The van der Waals surface area contributed by atoms with Crippen molar-refractivity contribution >= 4 is 5.91 Å². The standard InChI is InChI=1S/C18H28N4O2/c1-3-14(12-7-5-6-8-16(12)24-4-2)20-18(23)17-13-11-19-10-9-15(13)21-22-17/h5-8,13-15,17,19,21-22H,3-4,9-11H2,1-2H3,(H,20,23). The molecule has 132 valence electrons. The number of amides is 1. The highest BCUT2D eigenvalue weighted by Crippen LogP contribution is 2.28. The summed E-state index contributed by atoms with van der Waals surface area (Å²) in [6.45, 7) is 6.54. The average Bonchev–Trinajstić information content (AvgIpc) is 3.05. The molecule has 6 nitrogen and oxygen atoms in total. The molecule has 4 N–H and O–H groups in total. The van der Waals surface area contributed by atoms with Crippen LogP contribution in [-0.4, -0.2) is 37.7 Å². The Labute approximate surface area is 143 Å². The summed E-state index contributed by atoms with van der Waals surface area (Å²) < 4.78 is 5.72. The monoisotopic (exact) mass is 332 g/mol. The number of fused-ring (bicyclic) bond motifs is 1. The van der Waals surface area contributed by atoms with Crippen molar-refractivity contribution in [2.24, 2.45) is 5.92 Å². The summed E-state index contributed by atoms with van der Waals surface area (Å²) in [5.74, 6) is 1.19. The van der Waals surface area contributed by atoms with Crippen molar-refractivity contribution < 1.29 is 9.53 Å². The van der Waals surface area contributed by atoms with Crippen LogP contribution < -0.4 is 26.2 Å². The van der Waals surface area contributed by atoms with Crippen LogP contribution in [0.15, 0.2) is 24.3 Å². The summed E-state index contributed by atoms with van der Waals surface area (Å²) in [6, 6.07) is 8.08. The first-order valence-corrected chi connectivity index (χ1v) is 8.98. The van der Waals surface area contributed by atoms with E-state index in [0.717, 1.165) is 37.2 Å². The van der Waals surface area contributed by atoms with Crippen LogP contribution in [0.2, 0.25) is 0 Å². The number of piperidine rings is 1. The summed E-state index contributed by atoms with van der Waals surface area (Å²) in [5, 5.41) is 6.59. The smallest absolute Gasteiger partial charge is 0.239 e. The van der Waals surface area contributed by atoms with Crippen LogP contribution in [0.5, 0.6) is 5.75 Å². The molecule has 2 aliphatic heterocycles. The van der Waals surface area contributed by atoms with E-state index in [1.54, 1.807) is 0 Å². The molecule has 0 aromatic heterocycles. The third-order valence-electron chi connectivity index (χ3n) is 4.98. The maximum Gasteiger partial charge on any atom is 0.239 e. The van der Waals surface area contributed by atoms with Gasteiger partial charge in [0, 0.05) is 24.1 Å². The third-order valence-corrected chi connectivity index (χ3v) is 4.98. The van der Waals surface area contributed by atoms with Crippen molar-refractivity contribution in [3.05, 3.63) is 29.8 Å². The van der Waals surface area contributed by atoms with E-state index in [2.05, 4.69) is 28.4 Å². The second-order valence-electron chi connectivity index (χ2n) is 6.47. The molecular weight excluding hydrogens is 304 g/mol. The molecule has 24 heavy (non-hydrogen) atoms. The lowest BCUT2D eigenvalue weighted by molar-refractivity contribution is -0.124. The average molecular weight is 332 g/mol. The molecule has 0 spiro atoms. The number of carbonyl (C=O) groups excluding carboxylic acids is 1. The summed E-state index contributed by atoms with van der Waals surface area (Å²) in [4.78, 5) is 12.8. The molecule has 4 unspecified atom stereocenters. The fourth-order valence-electron chi connectivity index (χ4n) is 3.69. The number of carbonyl (C=O) groups is 1. The van der Waals surface area contributed by atoms with E-state index >= 15 is 0 Å². The second kappa shape index (κ2) is 7.96. The topological polar surface area (TPSA) is 74.4 Å². The Bertz CT molecular complexity index is 566. The number of hydrazine groups is 1. The maximum atomic E-state index is 12.8. The van der Waals surface area contributed by atoms with Gasteiger partial charge in [0.1, 0.15) is 11.8 Å². The van der Waals surface area contributed by atoms with Gasteiger partial charge in [-0.05, 0) is 32.4 Å². The number of hydrogen-bond donors (Lipinski definition) is 4. The molecule has 0 radical (unpaired) electrons. The minimum Gasteiger partial charge on any atom is -0.494 e. The zero-order valence-corrected chi connectivity index (χ0v) is 14.5. The van der Waals surface area contributed by atoms with Gasteiger partial charge in [0.25, 0.3) is 0 Å². The Morgan fingerprint density at radius 3 is 2.96 bits per heavy atom. The molecule has 1 aromatic rings. The van der Waals surface area contributed by atoms with Gasteiger partial charge in [0.15, 0.2) is 0 Å². The van der Waals surface area contributed by atoms with E-state index < -0.39 is 0 Å². The molecular formula is C18H28N4O2. The zero-order valence-electron chi connectivity index (χ0n) is 14.5. The van der Waals surface area contributed by atoms with Gasteiger partial charge in [-0.25, -0.2) is 5.43 Å². The first-order chi connectivity index (χ1) is 11.7. The lowest BCUT2D eigenvalue weighted by atomic mass is 9.89. The van der Waals surface area contributed by atoms with Gasteiger partial charge in [-0.1, -0.05) is 25.1 Å². The van der Waals surface area contributed by atoms with Crippen molar-refractivity contribution in [1.82, 2.24) is 21.5 Å². The summed E-state index contributed by atoms with van der Waals surface area (Å²) >= 11 is 0. The van der Waals surface area contributed by atoms with Crippen LogP contribution in [0.1, 0.15) is 38.3 Å². The van der Waals surface area contributed by atoms with Crippen LogP contribution >= 0.6 is 0 Å². The van der Waals surface area contributed by atoms with Crippen molar-refractivity contribution in [1.29, 1.82) is 0 Å². The van der Waals surface area contributed by atoms with E-state index in [1.165, 1.54) is 0 Å². The van der Waals surface area contributed by atoms with Crippen LogP contribution in [0.25, 0.3) is 0 Å². The molecule has 0 aliphatic carbocycles. The molecule has 1 amide bonds. The first kappa shape index (κ1) is 17.2. The molecule has 4 atom stereocenters. The molecule has 2 aliphatic rings. The van der Waals surface area contributed by atoms with Gasteiger partial charge < -0.3 is 15.4 Å². The highest BCUT2D eigenvalue weighted by atomic mass is 16.5. The fraction of sp³-hybridized carbons (Fsp3) is 0.611. The van der Waals surface area contributed by atoms with Crippen LogP contribution in [-0.2, 0) is 4.79 Å². The number of para-hydroxylation sites is 1. The zero-order chi connectivity index (χ0) is 16.9. The Morgan fingerprint density at radius 2 is 2.17 bits per heavy atom. The van der Waals surface area contributed by atoms with Gasteiger partial charge in [0.05, 0.1) is 12.6 Å². The lowest BCUT2D eigenvalue weighted by Gasteiger charge is -2.28. The quantitative estimate of drug-likeness (QED) is 0.628. The molecule has 3 rings (SSSR count). The third kappa shape index (κ3) is 3.55. The maximum absolute atomic E-state index is 12.8. The van der Waals surface area contributed by atoms with Gasteiger partial charge in [-0.15, -0.1) is 0 Å². The highest BCUT2D eigenvalue weighted by Gasteiger charge is 2.41. The largest absolute Gasteiger partial charge is 0.494 e. The number of benzene rings is 1. The van der Waals surface area contributed by atoms with E-state index in [-0.39, 0.29) is 18.0 Å².